The number of hydrogen-bond donors (Lipinski definition) is 1. The maximum absolute atomic E-state index is 12.6. The van der Waals surface area contributed by atoms with E-state index in [9.17, 15) is 13.2 Å². The maximum atomic E-state index is 12.6. The molecule has 1 heterocycles. The van der Waals surface area contributed by atoms with Crippen LogP contribution in [0.2, 0.25) is 0 Å². The molecular formula is C20H24N2O5S. The molecule has 0 aliphatic carbocycles. The molecule has 0 spiro atoms. The normalized spacial score (nSPS) is 15.8. The smallest absolute Gasteiger partial charge is 0.258 e. The quantitative estimate of drug-likeness (QED) is 0.763. The van der Waals surface area contributed by atoms with Gasteiger partial charge in [-0.05, 0) is 37.1 Å². The number of amides is 1. The first-order valence-electron chi connectivity index (χ1n) is 9.11. The lowest BCUT2D eigenvalue weighted by atomic mass is 10.1. The van der Waals surface area contributed by atoms with Gasteiger partial charge in [0.2, 0.25) is 10.0 Å². The third kappa shape index (κ3) is 4.82. The molecule has 1 saturated heterocycles. The summed E-state index contributed by atoms with van der Waals surface area (Å²) in [6.07, 6.45) is 1.12. The number of rotatable bonds is 7. The topological polar surface area (TPSA) is 84.9 Å². The van der Waals surface area contributed by atoms with Crippen LogP contribution in [0, 0.1) is 0 Å². The van der Waals surface area contributed by atoms with Gasteiger partial charge in [0.05, 0.1) is 12.0 Å². The van der Waals surface area contributed by atoms with Crippen molar-refractivity contribution in [3.8, 4) is 11.5 Å². The molecule has 3 rings (SSSR count). The average Bonchev–Trinajstić information content (AvgIpc) is 2.73. The molecule has 150 valence electrons. The summed E-state index contributed by atoms with van der Waals surface area (Å²) in [6.45, 7) is 0.619. The van der Waals surface area contributed by atoms with Crippen LogP contribution in [-0.4, -0.2) is 51.5 Å². The number of methoxy groups -OCH3 is 1. The van der Waals surface area contributed by atoms with Gasteiger partial charge in [-0.25, -0.2) is 8.42 Å². The Morgan fingerprint density at radius 2 is 1.64 bits per heavy atom. The van der Waals surface area contributed by atoms with Crippen molar-refractivity contribution >= 4 is 15.9 Å². The minimum Gasteiger partial charge on any atom is -0.493 e. The highest BCUT2D eigenvalue weighted by Gasteiger charge is 2.29. The molecule has 1 N–H and O–H groups in total. The minimum absolute atomic E-state index is 0.0732. The Balaban J connectivity index is 1.48. The van der Waals surface area contributed by atoms with Gasteiger partial charge in [-0.2, -0.15) is 4.31 Å². The Bertz CT molecular complexity index is 894. The monoisotopic (exact) mass is 404 g/mol. The maximum Gasteiger partial charge on any atom is 0.258 e. The van der Waals surface area contributed by atoms with E-state index < -0.39 is 10.0 Å². The van der Waals surface area contributed by atoms with Gasteiger partial charge in [-0.3, -0.25) is 4.79 Å². The SMILES string of the molecule is COc1ccccc1OCC(=O)NC1CCN(S(=O)(=O)c2ccccc2)CC1. The van der Waals surface area contributed by atoms with E-state index >= 15 is 0 Å². The zero-order valence-electron chi connectivity index (χ0n) is 15.7. The molecule has 2 aromatic carbocycles. The van der Waals surface area contributed by atoms with Crippen LogP contribution in [0.15, 0.2) is 59.5 Å². The van der Waals surface area contributed by atoms with E-state index in [0.717, 1.165) is 0 Å². The van der Waals surface area contributed by atoms with Gasteiger partial charge in [0.1, 0.15) is 0 Å². The van der Waals surface area contributed by atoms with E-state index in [1.54, 1.807) is 55.6 Å². The molecule has 2 aromatic rings. The first kappa shape index (κ1) is 20.2. The molecule has 0 aromatic heterocycles. The van der Waals surface area contributed by atoms with Crippen molar-refractivity contribution in [2.45, 2.75) is 23.8 Å². The molecule has 1 amide bonds. The number of benzene rings is 2. The molecule has 0 bridgehead atoms. The van der Waals surface area contributed by atoms with Crippen molar-refractivity contribution < 1.29 is 22.7 Å². The molecular weight excluding hydrogens is 380 g/mol. The molecule has 0 radical (unpaired) electrons. The van der Waals surface area contributed by atoms with Crippen LogP contribution in [0.1, 0.15) is 12.8 Å². The first-order valence-corrected chi connectivity index (χ1v) is 10.5. The number of para-hydroxylation sites is 2. The number of ether oxygens (including phenoxy) is 2. The number of carbonyl (C=O) groups excluding carboxylic acids is 1. The summed E-state index contributed by atoms with van der Waals surface area (Å²) in [7, 11) is -1.94. The fraction of sp³-hybridized carbons (Fsp3) is 0.350. The fourth-order valence-corrected chi connectivity index (χ4v) is 4.62. The van der Waals surface area contributed by atoms with E-state index in [2.05, 4.69) is 5.32 Å². The van der Waals surface area contributed by atoms with Gasteiger partial charge in [0.15, 0.2) is 18.1 Å². The van der Waals surface area contributed by atoms with Gasteiger partial charge >= 0.3 is 0 Å². The zero-order valence-corrected chi connectivity index (χ0v) is 16.5. The molecule has 1 aliphatic rings. The van der Waals surface area contributed by atoms with Crippen LogP contribution in [0.5, 0.6) is 11.5 Å². The molecule has 1 fully saturated rings. The fourth-order valence-electron chi connectivity index (χ4n) is 3.13. The number of nitrogens with zero attached hydrogens (tertiary/aromatic N) is 1. The van der Waals surface area contributed by atoms with Gasteiger partial charge in [-0.15, -0.1) is 0 Å². The Morgan fingerprint density at radius 1 is 1.04 bits per heavy atom. The van der Waals surface area contributed by atoms with Gasteiger partial charge < -0.3 is 14.8 Å². The molecule has 0 unspecified atom stereocenters. The highest BCUT2D eigenvalue weighted by atomic mass is 32.2. The Kier molecular flexibility index (Phi) is 6.53. The van der Waals surface area contributed by atoms with Crippen molar-refractivity contribution in [3.63, 3.8) is 0 Å². The first-order chi connectivity index (χ1) is 13.5. The second kappa shape index (κ2) is 9.07. The summed E-state index contributed by atoms with van der Waals surface area (Å²) in [5, 5.41) is 2.91. The van der Waals surface area contributed by atoms with Crippen LogP contribution in [0.3, 0.4) is 0 Å². The summed E-state index contributed by atoms with van der Waals surface area (Å²) < 4.78 is 37.5. The lowest BCUT2D eigenvalue weighted by molar-refractivity contribution is -0.124. The third-order valence-electron chi connectivity index (χ3n) is 4.63. The van der Waals surface area contributed by atoms with Gasteiger partial charge in [-0.1, -0.05) is 30.3 Å². The summed E-state index contributed by atoms with van der Waals surface area (Å²) in [5.74, 6) is 0.828. The molecule has 28 heavy (non-hydrogen) atoms. The van der Waals surface area contributed by atoms with Crippen LogP contribution in [0.4, 0.5) is 0 Å². The van der Waals surface area contributed by atoms with E-state index in [4.69, 9.17) is 9.47 Å². The minimum atomic E-state index is -3.49. The summed E-state index contributed by atoms with van der Waals surface area (Å²) in [5.41, 5.74) is 0. The molecule has 0 saturated carbocycles. The van der Waals surface area contributed by atoms with E-state index in [-0.39, 0.29) is 18.6 Å². The second-order valence-corrected chi connectivity index (χ2v) is 8.44. The predicted octanol–water partition coefficient (Wildman–Crippen LogP) is 2.04. The second-order valence-electron chi connectivity index (χ2n) is 6.50. The highest BCUT2D eigenvalue weighted by molar-refractivity contribution is 7.89. The third-order valence-corrected chi connectivity index (χ3v) is 6.54. The molecule has 8 heteroatoms. The Morgan fingerprint density at radius 3 is 2.29 bits per heavy atom. The number of nitrogens with one attached hydrogen (secondary N) is 1. The molecule has 0 atom stereocenters. The number of carbonyl (C=O) groups is 1. The van der Waals surface area contributed by atoms with Crippen LogP contribution in [0.25, 0.3) is 0 Å². The van der Waals surface area contributed by atoms with E-state index in [1.807, 2.05) is 6.07 Å². The van der Waals surface area contributed by atoms with E-state index in [0.29, 0.717) is 42.3 Å². The zero-order chi connectivity index (χ0) is 20.0. The predicted molar refractivity (Wildman–Crippen MR) is 105 cm³/mol. The van der Waals surface area contributed by atoms with E-state index in [1.165, 1.54) is 4.31 Å². The number of piperidine rings is 1. The van der Waals surface area contributed by atoms with Crippen LogP contribution in [-0.2, 0) is 14.8 Å². The summed E-state index contributed by atoms with van der Waals surface area (Å²) in [6, 6.07) is 15.4. The lowest BCUT2D eigenvalue weighted by Gasteiger charge is -2.31. The van der Waals surface area contributed by atoms with Gasteiger partial charge in [0, 0.05) is 19.1 Å². The van der Waals surface area contributed by atoms with Crippen molar-refractivity contribution in [2.24, 2.45) is 0 Å². The molecule has 7 nitrogen and oxygen atoms in total. The largest absolute Gasteiger partial charge is 0.493 e. The highest BCUT2D eigenvalue weighted by Crippen LogP contribution is 2.25. The van der Waals surface area contributed by atoms with Crippen molar-refractivity contribution in [1.29, 1.82) is 0 Å². The number of hydrogen-bond acceptors (Lipinski definition) is 5. The standard InChI is InChI=1S/C20H24N2O5S/c1-26-18-9-5-6-10-19(18)27-15-20(23)21-16-11-13-22(14-12-16)28(24,25)17-7-3-2-4-8-17/h2-10,16H,11-15H2,1H3,(H,21,23). The van der Waals surface area contributed by atoms with Crippen molar-refractivity contribution in [2.75, 3.05) is 26.8 Å². The van der Waals surface area contributed by atoms with Gasteiger partial charge in [0.25, 0.3) is 5.91 Å². The Labute approximate surface area is 165 Å². The molecule has 1 aliphatic heterocycles. The summed E-state index contributed by atoms with van der Waals surface area (Å²) >= 11 is 0. The summed E-state index contributed by atoms with van der Waals surface area (Å²) in [4.78, 5) is 12.5. The number of sulfonamides is 1. The average molecular weight is 404 g/mol. The van der Waals surface area contributed by atoms with Crippen LogP contribution >= 0.6 is 0 Å². The van der Waals surface area contributed by atoms with Crippen molar-refractivity contribution in [3.05, 3.63) is 54.6 Å². The Hall–Kier alpha value is -2.58. The van der Waals surface area contributed by atoms with Crippen LogP contribution < -0.4 is 14.8 Å². The van der Waals surface area contributed by atoms with Crippen molar-refractivity contribution in [1.82, 2.24) is 9.62 Å². The lowest BCUT2D eigenvalue weighted by Crippen LogP contribution is -2.47.